The quantitative estimate of drug-likeness (QED) is 0.534. The predicted octanol–water partition coefficient (Wildman–Crippen LogP) is 4.96. The summed E-state index contributed by atoms with van der Waals surface area (Å²) in [5.74, 6) is -0.985. The highest BCUT2D eigenvalue weighted by Crippen LogP contribution is 2.21. The zero-order valence-electron chi connectivity index (χ0n) is 15.6. The Morgan fingerprint density at radius 1 is 0.933 bits per heavy atom. The van der Waals surface area contributed by atoms with Gasteiger partial charge in [-0.2, -0.15) is 4.31 Å². The van der Waals surface area contributed by atoms with Gasteiger partial charge in [0.15, 0.2) is 0 Å². The van der Waals surface area contributed by atoms with E-state index in [4.69, 9.17) is 23.2 Å². The average molecular weight is 467 g/mol. The number of rotatable bonds is 7. The number of hydrogen-bond acceptors (Lipinski definition) is 3. The number of halogens is 3. The molecule has 0 saturated carbocycles. The third kappa shape index (κ3) is 5.79. The van der Waals surface area contributed by atoms with Gasteiger partial charge in [0.1, 0.15) is 5.82 Å². The summed E-state index contributed by atoms with van der Waals surface area (Å²) >= 11 is 11.8. The lowest BCUT2D eigenvalue weighted by molar-refractivity contribution is -0.116. The van der Waals surface area contributed by atoms with E-state index in [1.54, 1.807) is 24.3 Å². The van der Waals surface area contributed by atoms with Gasteiger partial charge in [0, 0.05) is 22.3 Å². The Balaban J connectivity index is 1.87. The van der Waals surface area contributed by atoms with Crippen LogP contribution in [-0.2, 0) is 21.4 Å². The van der Waals surface area contributed by atoms with Crippen LogP contribution in [0.1, 0.15) is 5.56 Å². The van der Waals surface area contributed by atoms with Crippen LogP contribution in [0.15, 0.2) is 77.7 Å². The van der Waals surface area contributed by atoms with Crippen molar-refractivity contribution in [2.75, 3.05) is 11.9 Å². The highest BCUT2D eigenvalue weighted by molar-refractivity contribution is 7.89. The molecule has 0 aromatic heterocycles. The molecule has 0 aliphatic heterocycles. The van der Waals surface area contributed by atoms with Crippen LogP contribution >= 0.6 is 23.2 Å². The van der Waals surface area contributed by atoms with E-state index in [9.17, 15) is 17.6 Å². The highest BCUT2D eigenvalue weighted by Gasteiger charge is 2.27. The number of amides is 1. The summed E-state index contributed by atoms with van der Waals surface area (Å²) < 4.78 is 40.6. The molecule has 9 heteroatoms. The van der Waals surface area contributed by atoms with Gasteiger partial charge >= 0.3 is 0 Å². The van der Waals surface area contributed by atoms with Gasteiger partial charge in [0.25, 0.3) is 0 Å². The van der Waals surface area contributed by atoms with Crippen LogP contribution < -0.4 is 5.32 Å². The molecule has 3 aromatic carbocycles. The smallest absolute Gasteiger partial charge is 0.243 e. The third-order valence-electron chi connectivity index (χ3n) is 4.15. The second-order valence-corrected chi connectivity index (χ2v) is 9.22. The van der Waals surface area contributed by atoms with Crippen molar-refractivity contribution in [3.63, 3.8) is 0 Å². The Labute approximate surface area is 184 Å². The fourth-order valence-corrected chi connectivity index (χ4v) is 4.40. The number of nitrogens with one attached hydrogen (secondary N) is 1. The molecule has 1 amide bonds. The summed E-state index contributed by atoms with van der Waals surface area (Å²) in [6.45, 7) is -0.566. The fourth-order valence-electron chi connectivity index (χ4n) is 2.70. The summed E-state index contributed by atoms with van der Waals surface area (Å²) in [7, 11) is -4.03. The molecule has 30 heavy (non-hydrogen) atoms. The molecule has 3 rings (SSSR count). The van der Waals surface area contributed by atoms with E-state index in [0.717, 1.165) is 4.31 Å². The summed E-state index contributed by atoms with van der Waals surface area (Å²) in [6.07, 6.45) is 0. The average Bonchev–Trinajstić information content (AvgIpc) is 2.69. The fraction of sp³-hybridized carbons (Fsp3) is 0.0952. The molecule has 3 aromatic rings. The highest BCUT2D eigenvalue weighted by atomic mass is 35.5. The Morgan fingerprint density at radius 3 is 2.23 bits per heavy atom. The molecule has 156 valence electrons. The van der Waals surface area contributed by atoms with Crippen molar-refractivity contribution in [3.8, 4) is 0 Å². The van der Waals surface area contributed by atoms with Gasteiger partial charge in [-0.25, -0.2) is 12.8 Å². The van der Waals surface area contributed by atoms with E-state index in [2.05, 4.69) is 5.32 Å². The SMILES string of the molecule is O=C(CN(Cc1ccc(F)cc1)S(=O)(=O)c1ccc(Cl)cc1)Nc1cccc(Cl)c1. The van der Waals surface area contributed by atoms with Crippen molar-refractivity contribution >= 4 is 44.8 Å². The van der Waals surface area contributed by atoms with E-state index in [0.29, 0.717) is 21.3 Å². The van der Waals surface area contributed by atoms with E-state index in [-0.39, 0.29) is 11.4 Å². The van der Waals surface area contributed by atoms with E-state index in [1.165, 1.54) is 48.5 Å². The molecular formula is C21H17Cl2FN2O3S. The van der Waals surface area contributed by atoms with E-state index in [1.807, 2.05) is 0 Å². The van der Waals surface area contributed by atoms with Gasteiger partial charge in [0.2, 0.25) is 15.9 Å². The Bertz CT molecular complexity index is 1140. The second-order valence-electron chi connectivity index (χ2n) is 6.41. The van der Waals surface area contributed by atoms with Crippen LogP contribution in [0.4, 0.5) is 10.1 Å². The zero-order chi connectivity index (χ0) is 21.7. The van der Waals surface area contributed by atoms with Gasteiger partial charge in [-0.05, 0) is 60.2 Å². The van der Waals surface area contributed by atoms with Crippen molar-refractivity contribution in [2.45, 2.75) is 11.4 Å². The first kappa shape index (κ1) is 22.2. The molecule has 0 unspecified atom stereocenters. The first-order chi connectivity index (χ1) is 14.2. The minimum Gasteiger partial charge on any atom is -0.325 e. The van der Waals surface area contributed by atoms with Crippen molar-refractivity contribution < 1.29 is 17.6 Å². The zero-order valence-corrected chi connectivity index (χ0v) is 17.9. The molecular weight excluding hydrogens is 450 g/mol. The summed E-state index contributed by atoms with van der Waals surface area (Å²) in [5.41, 5.74) is 0.975. The van der Waals surface area contributed by atoms with E-state index < -0.39 is 28.3 Å². The molecule has 1 N–H and O–H groups in total. The molecule has 0 spiro atoms. The van der Waals surface area contributed by atoms with Gasteiger partial charge in [-0.15, -0.1) is 0 Å². The number of carbonyl (C=O) groups is 1. The lowest BCUT2D eigenvalue weighted by atomic mass is 10.2. The number of carbonyl (C=O) groups excluding carboxylic acids is 1. The maximum absolute atomic E-state index is 13.2. The standard InChI is InChI=1S/C21H17Cl2FN2O3S/c22-16-6-10-20(11-7-16)30(28,29)26(13-15-4-8-18(24)9-5-15)14-21(27)25-19-3-1-2-17(23)12-19/h1-12H,13-14H2,(H,25,27). The summed E-state index contributed by atoms with van der Waals surface area (Å²) in [4.78, 5) is 12.6. The molecule has 0 atom stereocenters. The molecule has 0 radical (unpaired) electrons. The molecule has 0 aliphatic carbocycles. The first-order valence-electron chi connectivity index (χ1n) is 8.79. The molecule has 0 aliphatic rings. The summed E-state index contributed by atoms with van der Waals surface area (Å²) in [5, 5.41) is 3.45. The second kappa shape index (κ2) is 9.57. The molecule has 0 saturated heterocycles. The molecule has 0 bridgehead atoms. The topological polar surface area (TPSA) is 66.5 Å². The largest absolute Gasteiger partial charge is 0.325 e. The van der Waals surface area contributed by atoms with Gasteiger partial charge in [-0.1, -0.05) is 41.4 Å². The minimum atomic E-state index is -4.03. The van der Waals surface area contributed by atoms with Gasteiger partial charge in [0.05, 0.1) is 11.4 Å². The van der Waals surface area contributed by atoms with Crippen molar-refractivity contribution in [2.24, 2.45) is 0 Å². The molecule has 0 fully saturated rings. The molecule has 5 nitrogen and oxygen atoms in total. The first-order valence-corrected chi connectivity index (χ1v) is 11.0. The number of benzene rings is 3. The Morgan fingerprint density at radius 2 is 1.60 bits per heavy atom. The predicted molar refractivity (Wildman–Crippen MR) is 116 cm³/mol. The number of hydrogen-bond donors (Lipinski definition) is 1. The third-order valence-corrected chi connectivity index (χ3v) is 6.44. The number of sulfonamides is 1. The number of nitrogens with zero attached hydrogens (tertiary/aromatic N) is 1. The van der Waals surface area contributed by atoms with Crippen molar-refractivity contribution in [1.29, 1.82) is 0 Å². The van der Waals surface area contributed by atoms with Gasteiger partial charge in [-0.3, -0.25) is 4.79 Å². The maximum atomic E-state index is 13.2. The van der Waals surface area contributed by atoms with Crippen molar-refractivity contribution in [1.82, 2.24) is 4.31 Å². The van der Waals surface area contributed by atoms with Crippen LogP contribution in [0.25, 0.3) is 0 Å². The molecule has 0 heterocycles. The van der Waals surface area contributed by atoms with Crippen LogP contribution in [0.5, 0.6) is 0 Å². The Hall–Kier alpha value is -2.45. The number of anilines is 1. The van der Waals surface area contributed by atoms with Gasteiger partial charge < -0.3 is 5.32 Å². The minimum absolute atomic E-state index is 0.00966. The Kier molecular flexibility index (Phi) is 7.10. The lowest BCUT2D eigenvalue weighted by Gasteiger charge is -2.22. The normalized spacial score (nSPS) is 11.5. The van der Waals surface area contributed by atoms with Crippen LogP contribution in [0.2, 0.25) is 10.0 Å². The monoisotopic (exact) mass is 466 g/mol. The van der Waals surface area contributed by atoms with Crippen molar-refractivity contribution in [3.05, 3.63) is 94.2 Å². The van der Waals surface area contributed by atoms with E-state index >= 15 is 0 Å². The maximum Gasteiger partial charge on any atom is 0.243 e. The van der Waals surface area contributed by atoms with Crippen LogP contribution in [0.3, 0.4) is 0 Å². The lowest BCUT2D eigenvalue weighted by Crippen LogP contribution is -2.37. The van der Waals surface area contributed by atoms with Crippen LogP contribution in [-0.4, -0.2) is 25.2 Å². The summed E-state index contributed by atoms with van der Waals surface area (Å²) in [6, 6.07) is 17.6. The van der Waals surface area contributed by atoms with Crippen LogP contribution in [0, 0.1) is 5.82 Å².